The number of hydrogen-bond donors (Lipinski definition) is 0. The van der Waals surface area contributed by atoms with Crippen molar-refractivity contribution in [3.05, 3.63) is 18.5 Å². The van der Waals surface area contributed by atoms with E-state index in [-0.39, 0.29) is 5.78 Å². The fourth-order valence-electron chi connectivity index (χ4n) is 0.607. The maximum absolute atomic E-state index is 10.9. The molecule has 1 rings (SSSR count). The highest BCUT2D eigenvalue weighted by Gasteiger charge is 2.00. The zero-order valence-corrected chi connectivity index (χ0v) is 9.67. The Labute approximate surface area is 89.4 Å². The molecule has 14 heavy (non-hydrogen) atoms. The van der Waals surface area contributed by atoms with Gasteiger partial charge in [0.25, 0.3) is 0 Å². The number of hydrogen-bond acceptors (Lipinski definition) is 4. The Bertz CT molecular complexity index is 252. The molecule has 0 aliphatic carbocycles. The highest BCUT2D eigenvalue weighted by Crippen LogP contribution is 2.10. The van der Waals surface area contributed by atoms with Crippen molar-refractivity contribution in [2.75, 3.05) is 5.75 Å². The summed E-state index contributed by atoms with van der Waals surface area (Å²) in [6, 6.07) is 1.76. The second-order valence-electron chi connectivity index (χ2n) is 2.21. The Hall–Kier alpha value is -0.900. The van der Waals surface area contributed by atoms with E-state index in [1.54, 1.807) is 18.5 Å². The minimum atomic E-state index is 0.229. The maximum Gasteiger partial charge on any atom is 0.187 e. The summed E-state index contributed by atoms with van der Waals surface area (Å²) in [7, 11) is 0. The molecule has 1 aromatic rings. The Morgan fingerprint density at radius 3 is 2.43 bits per heavy atom. The largest absolute Gasteiger partial charge is 0.299 e. The predicted molar refractivity (Wildman–Crippen MR) is 59.4 cm³/mol. The first-order valence-corrected chi connectivity index (χ1v) is 5.73. The van der Waals surface area contributed by atoms with Crippen LogP contribution in [0.1, 0.15) is 27.2 Å². The fourth-order valence-corrected chi connectivity index (χ4v) is 1.37. The summed E-state index contributed by atoms with van der Waals surface area (Å²) in [4.78, 5) is 18.9. The molecule has 0 bridgehead atoms. The first kappa shape index (κ1) is 13.1. The molecule has 0 spiro atoms. The van der Waals surface area contributed by atoms with Gasteiger partial charge in [0, 0.05) is 18.8 Å². The average molecular weight is 212 g/mol. The molecule has 0 unspecified atom stereocenters. The van der Waals surface area contributed by atoms with Crippen LogP contribution in [0.25, 0.3) is 0 Å². The van der Waals surface area contributed by atoms with E-state index >= 15 is 0 Å². The average Bonchev–Trinajstić information content (AvgIpc) is 2.30. The normalized spacial score (nSPS) is 8.79. The third kappa shape index (κ3) is 5.70. The summed E-state index contributed by atoms with van der Waals surface area (Å²) >= 11 is 1.38. The van der Waals surface area contributed by atoms with Gasteiger partial charge in [0.15, 0.2) is 5.16 Å². The van der Waals surface area contributed by atoms with E-state index in [4.69, 9.17) is 0 Å². The number of carbonyl (C=O) groups excluding carboxylic acids is 1. The molecule has 0 fully saturated rings. The van der Waals surface area contributed by atoms with Gasteiger partial charge in [0.1, 0.15) is 5.78 Å². The van der Waals surface area contributed by atoms with Gasteiger partial charge in [-0.05, 0) is 6.07 Å². The minimum absolute atomic E-state index is 0.229. The van der Waals surface area contributed by atoms with Crippen LogP contribution in [0.5, 0.6) is 0 Å². The second kappa shape index (κ2) is 8.69. The first-order valence-electron chi connectivity index (χ1n) is 4.74. The first-order chi connectivity index (χ1) is 6.83. The third-order valence-corrected chi connectivity index (χ3v) is 2.23. The quantitative estimate of drug-likeness (QED) is 0.568. The third-order valence-electron chi connectivity index (χ3n) is 1.30. The topological polar surface area (TPSA) is 42.9 Å². The van der Waals surface area contributed by atoms with E-state index in [9.17, 15) is 4.79 Å². The molecule has 1 heterocycles. The summed E-state index contributed by atoms with van der Waals surface area (Å²) in [5.41, 5.74) is 0. The van der Waals surface area contributed by atoms with Crippen LogP contribution in [0.2, 0.25) is 0 Å². The number of nitrogens with zero attached hydrogens (tertiary/aromatic N) is 2. The molecule has 0 aliphatic heterocycles. The molecule has 0 amide bonds. The van der Waals surface area contributed by atoms with E-state index in [0.29, 0.717) is 17.3 Å². The lowest BCUT2D eigenvalue weighted by molar-refractivity contribution is -0.116. The molecule has 0 aliphatic rings. The number of carbonyl (C=O) groups is 1. The Morgan fingerprint density at radius 2 is 1.93 bits per heavy atom. The fraction of sp³-hybridized carbons (Fsp3) is 0.500. The van der Waals surface area contributed by atoms with Gasteiger partial charge in [-0.3, -0.25) is 4.79 Å². The van der Waals surface area contributed by atoms with Crippen molar-refractivity contribution in [3.63, 3.8) is 0 Å². The van der Waals surface area contributed by atoms with Gasteiger partial charge in [0.2, 0.25) is 0 Å². The summed E-state index contributed by atoms with van der Waals surface area (Å²) in [6.45, 7) is 5.86. The number of aromatic nitrogens is 2. The van der Waals surface area contributed by atoms with Crippen LogP contribution in [0.15, 0.2) is 23.6 Å². The van der Waals surface area contributed by atoms with Gasteiger partial charge in [-0.1, -0.05) is 32.5 Å². The summed E-state index contributed by atoms with van der Waals surface area (Å²) in [5, 5.41) is 0.666. The minimum Gasteiger partial charge on any atom is -0.299 e. The van der Waals surface area contributed by atoms with Gasteiger partial charge >= 0.3 is 0 Å². The highest BCUT2D eigenvalue weighted by molar-refractivity contribution is 7.99. The smallest absolute Gasteiger partial charge is 0.187 e. The van der Waals surface area contributed by atoms with Crippen LogP contribution in [0.3, 0.4) is 0 Å². The van der Waals surface area contributed by atoms with Crippen LogP contribution in [0, 0.1) is 0 Å². The number of thioether (sulfide) groups is 1. The van der Waals surface area contributed by atoms with E-state index < -0.39 is 0 Å². The summed E-state index contributed by atoms with van der Waals surface area (Å²) < 4.78 is 0. The predicted octanol–water partition coefficient (Wildman–Crippen LogP) is 2.57. The van der Waals surface area contributed by atoms with Crippen LogP contribution in [-0.4, -0.2) is 21.5 Å². The SMILES string of the molecule is CC.CCC(=O)CSc1ncccn1. The van der Waals surface area contributed by atoms with Crippen LogP contribution in [0.4, 0.5) is 0 Å². The lowest BCUT2D eigenvalue weighted by Gasteiger charge is -1.95. The monoisotopic (exact) mass is 212 g/mol. The number of Topliss-reactive ketones (excluding diaryl/α,β-unsaturated/α-hetero) is 1. The maximum atomic E-state index is 10.9. The molecule has 0 saturated heterocycles. The van der Waals surface area contributed by atoms with E-state index in [2.05, 4.69) is 9.97 Å². The molecule has 0 N–H and O–H groups in total. The van der Waals surface area contributed by atoms with Crippen molar-refractivity contribution in [1.29, 1.82) is 0 Å². The van der Waals surface area contributed by atoms with Crippen molar-refractivity contribution < 1.29 is 4.79 Å². The number of rotatable bonds is 4. The lowest BCUT2D eigenvalue weighted by atomic mass is 10.4. The standard InChI is InChI=1S/C8H10N2OS.C2H6/c1-2-7(11)6-12-8-9-4-3-5-10-8;1-2/h3-5H,2,6H2,1H3;1-2H3. The van der Waals surface area contributed by atoms with E-state index in [1.807, 2.05) is 20.8 Å². The molecule has 4 heteroatoms. The van der Waals surface area contributed by atoms with Gasteiger partial charge in [0.05, 0.1) is 5.75 Å². The molecule has 78 valence electrons. The molecular weight excluding hydrogens is 196 g/mol. The van der Waals surface area contributed by atoms with E-state index in [1.165, 1.54) is 11.8 Å². The Morgan fingerprint density at radius 1 is 1.36 bits per heavy atom. The summed E-state index contributed by atoms with van der Waals surface area (Å²) in [5.74, 6) is 0.702. The molecule has 0 saturated carbocycles. The molecule has 0 aromatic carbocycles. The van der Waals surface area contributed by atoms with Crippen molar-refractivity contribution in [1.82, 2.24) is 9.97 Å². The molecular formula is C10H16N2OS. The van der Waals surface area contributed by atoms with Crippen LogP contribution >= 0.6 is 11.8 Å². The van der Waals surface area contributed by atoms with Crippen molar-refractivity contribution in [2.24, 2.45) is 0 Å². The zero-order chi connectivity index (χ0) is 10.8. The number of ketones is 1. The van der Waals surface area contributed by atoms with E-state index in [0.717, 1.165) is 0 Å². The van der Waals surface area contributed by atoms with Crippen LogP contribution in [-0.2, 0) is 4.79 Å². The van der Waals surface area contributed by atoms with Gasteiger partial charge in [-0.2, -0.15) is 0 Å². The molecule has 0 radical (unpaired) electrons. The second-order valence-corrected chi connectivity index (χ2v) is 3.15. The lowest BCUT2D eigenvalue weighted by Crippen LogP contribution is -1.99. The van der Waals surface area contributed by atoms with Gasteiger partial charge in [-0.15, -0.1) is 0 Å². The van der Waals surface area contributed by atoms with Crippen LogP contribution < -0.4 is 0 Å². The van der Waals surface area contributed by atoms with Crippen molar-refractivity contribution in [3.8, 4) is 0 Å². The molecule has 0 atom stereocenters. The zero-order valence-electron chi connectivity index (χ0n) is 8.86. The molecule has 3 nitrogen and oxygen atoms in total. The summed E-state index contributed by atoms with van der Waals surface area (Å²) in [6.07, 6.45) is 3.93. The Kier molecular flexibility index (Phi) is 8.13. The Balaban J connectivity index is 0.000000791. The molecule has 1 aromatic heterocycles. The van der Waals surface area contributed by atoms with Crippen molar-refractivity contribution in [2.45, 2.75) is 32.3 Å². The van der Waals surface area contributed by atoms with Gasteiger partial charge < -0.3 is 0 Å². The van der Waals surface area contributed by atoms with Gasteiger partial charge in [-0.25, -0.2) is 9.97 Å². The van der Waals surface area contributed by atoms with Crippen molar-refractivity contribution >= 4 is 17.5 Å². The highest BCUT2D eigenvalue weighted by atomic mass is 32.2.